The highest BCUT2D eigenvalue weighted by molar-refractivity contribution is 5.85. The number of benzene rings is 1. The van der Waals surface area contributed by atoms with Crippen molar-refractivity contribution in [3.63, 3.8) is 0 Å². The molecular weight excluding hydrogens is 228 g/mol. The van der Waals surface area contributed by atoms with Crippen molar-refractivity contribution in [2.45, 2.75) is 26.8 Å². The van der Waals surface area contributed by atoms with Gasteiger partial charge in [0, 0.05) is 5.39 Å². The van der Waals surface area contributed by atoms with E-state index in [-0.39, 0.29) is 0 Å². The summed E-state index contributed by atoms with van der Waals surface area (Å²) in [6.45, 7) is 5.60. The SMILES string of the molecule is Cc1ccc2c(C)cc(N[C@H](C)C(=O)O)nc2c1. The number of hydrogen-bond acceptors (Lipinski definition) is 3. The second-order valence-electron chi connectivity index (χ2n) is 4.55. The number of pyridine rings is 1. The van der Waals surface area contributed by atoms with E-state index >= 15 is 0 Å². The average molecular weight is 244 g/mol. The molecule has 0 unspecified atom stereocenters. The molecule has 0 aliphatic carbocycles. The average Bonchev–Trinajstić information content (AvgIpc) is 2.27. The van der Waals surface area contributed by atoms with Crippen molar-refractivity contribution in [2.75, 3.05) is 5.32 Å². The fraction of sp³-hybridized carbons (Fsp3) is 0.286. The van der Waals surface area contributed by atoms with Crippen LogP contribution in [-0.2, 0) is 4.79 Å². The molecule has 94 valence electrons. The molecule has 4 nitrogen and oxygen atoms in total. The predicted octanol–water partition coefficient (Wildman–Crippen LogP) is 2.74. The number of carboxylic acids is 1. The van der Waals surface area contributed by atoms with Crippen LogP contribution in [0.5, 0.6) is 0 Å². The molecule has 0 amide bonds. The van der Waals surface area contributed by atoms with E-state index in [2.05, 4.69) is 10.3 Å². The number of nitrogens with zero attached hydrogens (tertiary/aromatic N) is 1. The van der Waals surface area contributed by atoms with Gasteiger partial charge in [0.05, 0.1) is 5.52 Å². The van der Waals surface area contributed by atoms with E-state index < -0.39 is 12.0 Å². The fourth-order valence-electron chi connectivity index (χ4n) is 1.87. The molecule has 1 aromatic heterocycles. The van der Waals surface area contributed by atoms with E-state index in [0.29, 0.717) is 5.82 Å². The molecule has 0 radical (unpaired) electrons. The van der Waals surface area contributed by atoms with E-state index in [0.717, 1.165) is 22.0 Å². The summed E-state index contributed by atoms with van der Waals surface area (Å²) in [5.74, 6) is -0.292. The van der Waals surface area contributed by atoms with Gasteiger partial charge in [-0.25, -0.2) is 4.98 Å². The normalized spacial score (nSPS) is 12.4. The molecule has 0 bridgehead atoms. The fourth-order valence-corrected chi connectivity index (χ4v) is 1.87. The van der Waals surface area contributed by atoms with Crippen molar-refractivity contribution in [3.05, 3.63) is 35.4 Å². The minimum Gasteiger partial charge on any atom is -0.480 e. The van der Waals surface area contributed by atoms with Crippen LogP contribution in [0.1, 0.15) is 18.1 Å². The first kappa shape index (κ1) is 12.4. The van der Waals surface area contributed by atoms with E-state index in [4.69, 9.17) is 5.11 Å². The van der Waals surface area contributed by atoms with E-state index in [1.807, 2.05) is 38.1 Å². The number of aryl methyl sites for hydroxylation is 2. The zero-order chi connectivity index (χ0) is 13.3. The molecule has 0 aliphatic rings. The third kappa shape index (κ3) is 2.42. The number of rotatable bonds is 3. The van der Waals surface area contributed by atoms with Crippen LogP contribution in [0.15, 0.2) is 24.3 Å². The maximum atomic E-state index is 10.8. The summed E-state index contributed by atoms with van der Waals surface area (Å²) in [7, 11) is 0. The Morgan fingerprint density at radius 1 is 1.33 bits per heavy atom. The van der Waals surface area contributed by atoms with Gasteiger partial charge in [-0.2, -0.15) is 0 Å². The summed E-state index contributed by atoms with van der Waals surface area (Å²) in [5.41, 5.74) is 3.10. The van der Waals surface area contributed by atoms with Gasteiger partial charge >= 0.3 is 5.97 Å². The highest BCUT2D eigenvalue weighted by Gasteiger charge is 2.11. The van der Waals surface area contributed by atoms with Gasteiger partial charge in [-0.15, -0.1) is 0 Å². The van der Waals surface area contributed by atoms with Gasteiger partial charge in [0.15, 0.2) is 0 Å². The second kappa shape index (κ2) is 4.64. The maximum Gasteiger partial charge on any atom is 0.325 e. The molecule has 1 aromatic carbocycles. The smallest absolute Gasteiger partial charge is 0.325 e. The number of hydrogen-bond donors (Lipinski definition) is 2. The zero-order valence-electron chi connectivity index (χ0n) is 10.7. The molecule has 2 N–H and O–H groups in total. The summed E-state index contributed by atoms with van der Waals surface area (Å²) >= 11 is 0. The largest absolute Gasteiger partial charge is 0.480 e. The Morgan fingerprint density at radius 2 is 2.06 bits per heavy atom. The van der Waals surface area contributed by atoms with Crippen LogP contribution in [0.3, 0.4) is 0 Å². The van der Waals surface area contributed by atoms with E-state index in [9.17, 15) is 4.79 Å². The molecule has 2 rings (SSSR count). The van der Waals surface area contributed by atoms with Gasteiger partial charge in [-0.1, -0.05) is 12.1 Å². The molecule has 0 fully saturated rings. The van der Waals surface area contributed by atoms with Crippen LogP contribution >= 0.6 is 0 Å². The molecule has 4 heteroatoms. The summed E-state index contributed by atoms with van der Waals surface area (Å²) in [6.07, 6.45) is 0. The summed E-state index contributed by atoms with van der Waals surface area (Å²) in [5, 5.41) is 12.9. The van der Waals surface area contributed by atoms with Crippen LogP contribution in [-0.4, -0.2) is 22.1 Å². The minimum absolute atomic E-state index is 0.598. The van der Waals surface area contributed by atoms with Crippen LogP contribution in [0.2, 0.25) is 0 Å². The van der Waals surface area contributed by atoms with Gasteiger partial charge in [0.25, 0.3) is 0 Å². The van der Waals surface area contributed by atoms with Crippen molar-refractivity contribution >= 4 is 22.7 Å². The molecule has 0 saturated carbocycles. The topological polar surface area (TPSA) is 62.2 Å². The van der Waals surface area contributed by atoms with Crippen molar-refractivity contribution in [1.29, 1.82) is 0 Å². The third-order valence-corrected chi connectivity index (χ3v) is 2.91. The standard InChI is InChI=1S/C14H16N2O2/c1-8-4-5-11-9(2)7-13(16-12(11)6-8)15-10(3)14(17)18/h4-7,10H,1-3H3,(H,15,16)(H,17,18)/t10-/m1/s1. The Bertz CT molecular complexity index is 608. The lowest BCUT2D eigenvalue weighted by molar-refractivity contribution is -0.137. The van der Waals surface area contributed by atoms with E-state index in [1.54, 1.807) is 6.92 Å². The zero-order valence-corrected chi connectivity index (χ0v) is 10.7. The van der Waals surface area contributed by atoms with Crippen LogP contribution in [0, 0.1) is 13.8 Å². The summed E-state index contributed by atoms with van der Waals surface area (Å²) in [6, 6.07) is 7.30. The van der Waals surface area contributed by atoms with Gasteiger partial charge in [-0.3, -0.25) is 4.79 Å². The predicted molar refractivity (Wildman–Crippen MR) is 71.9 cm³/mol. The molecule has 0 spiro atoms. The van der Waals surface area contributed by atoms with Gasteiger partial charge in [0.2, 0.25) is 0 Å². The van der Waals surface area contributed by atoms with Crippen molar-refractivity contribution in [3.8, 4) is 0 Å². The molecule has 18 heavy (non-hydrogen) atoms. The first-order valence-electron chi connectivity index (χ1n) is 5.85. The third-order valence-electron chi connectivity index (χ3n) is 2.91. The lowest BCUT2D eigenvalue weighted by Gasteiger charge is -2.12. The van der Waals surface area contributed by atoms with E-state index in [1.165, 1.54) is 0 Å². The van der Waals surface area contributed by atoms with Crippen LogP contribution < -0.4 is 5.32 Å². The Kier molecular flexibility index (Phi) is 3.19. The molecule has 0 saturated heterocycles. The Morgan fingerprint density at radius 3 is 2.72 bits per heavy atom. The number of nitrogens with one attached hydrogen (secondary N) is 1. The number of carbonyl (C=O) groups is 1. The van der Waals surface area contributed by atoms with Gasteiger partial charge < -0.3 is 10.4 Å². The first-order valence-corrected chi connectivity index (χ1v) is 5.85. The van der Waals surface area contributed by atoms with Crippen molar-refractivity contribution in [2.24, 2.45) is 0 Å². The Balaban J connectivity index is 2.44. The number of aromatic nitrogens is 1. The number of fused-ring (bicyclic) bond motifs is 1. The number of carboxylic acid groups (broad SMARTS) is 1. The lowest BCUT2D eigenvalue weighted by atomic mass is 10.1. The molecular formula is C14H16N2O2. The minimum atomic E-state index is -0.890. The van der Waals surface area contributed by atoms with Crippen LogP contribution in [0.25, 0.3) is 10.9 Å². The summed E-state index contributed by atoms with van der Waals surface area (Å²) in [4.78, 5) is 15.3. The monoisotopic (exact) mass is 244 g/mol. The number of aliphatic carboxylic acids is 1. The van der Waals surface area contributed by atoms with Crippen molar-refractivity contribution < 1.29 is 9.90 Å². The highest BCUT2D eigenvalue weighted by atomic mass is 16.4. The number of anilines is 1. The Labute approximate surface area is 106 Å². The lowest BCUT2D eigenvalue weighted by Crippen LogP contribution is -2.25. The van der Waals surface area contributed by atoms with Crippen molar-refractivity contribution in [1.82, 2.24) is 4.98 Å². The maximum absolute atomic E-state index is 10.8. The molecule has 0 aliphatic heterocycles. The molecule has 1 heterocycles. The van der Waals surface area contributed by atoms with Gasteiger partial charge in [-0.05, 0) is 44.0 Å². The highest BCUT2D eigenvalue weighted by Crippen LogP contribution is 2.21. The molecule has 2 aromatic rings. The quantitative estimate of drug-likeness (QED) is 0.871. The Hall–Kier alpha value is -2.10. The second-order valence-corrected chi connectivity index (χ2v) is 4.55. The first-order chi connectivity index (χ1) is 8.47. The van der Waals surface area contributed by atoms with Gasteiger partial charge in [0.1, 0.15) is 11.9 Å². The molecule has 1 atom stereocenters. The summed E-state index contributed by atoms with van der Waals surface area (Å²) < 4.78 is 0. The van der Waals surface area contributed by atoms with Crippen LogP contribution in [0.4, 0.5) is 5.82 Å².